The maximum atomic E-state index is 11.5. The van der Waals surface area contributed by atoms with Crippen LogP contribution in [0.5, 0.6) is 0 Å². The molecule has 1 aromatic heterocycles. The molecule has 0 atom stereocenters. The summed E-state index contributed by atoms with van der Waals surface area (Å²) in [6.07, 6.45) is 3.48. The number of nitrogens with zero attached hydrogens (tertiary/aromatic N) is 2. The first kappa shape index (κ1) is 12.9. The van der Waals surface area contributed by atoms with Crippen LogP contribution in [0, 0.1) is 0 Å². The van der Waals surface area contributed by atoms with Gasteiger partial charge in [-0.1, -0.05) is 11.2 Å². The number of ether oxygens (including phenoxy) is 1. The van der Waals surface area contributed by atoms with Gasteiger partial charge >= 0.3 is 5.97 Å². The number of hydrogen-bond acceptors (Lipinski definition) is 4. The van der Waals surface area contributed by atoms with Gasteiger partial charge in [0.05, 0.1) is 24.6 Å². The van der Waals surface area contributed by atoms with E-state index >= 15 is 0 Å². The summed E-state index contributed by atoms with van der Waals surface area (Å²) in [4.78, 5) is 16.2. The van der Waals surface area contributed by atoms with Crippen molar-refractivity contribution in [3.8, 4) is 5.69 Å². The van der Waals surface area contributed by atoms with E-state index in [2.05, 4.69) is 9.99 Å². The van der Waals surface area contributed by atoms with Gasteiger partial charge in [0, 0.05) is 11.9 Å². The van der Waals surface area contributed by atoms with E-state index in [0.29, 0.717) is 5.56 Å². The zero-order chi connectivity index (χ0) is 13.7. The Bertz CT molecular complexity index is 602. The number of aromatic nitrogens is 1. The standard InChI is InChI=1S/C14H14N2O3/c1-18-14(17)11-5-3-6-12(9-11)16-8-4-7-13(16)10-15-19-2/h3-10H,1-2H3. The third-order valence-electron chi connectivity index (χ3n) is 2.62. The van der Waals surface area contributed by atoms with Gasteiger partial charge in [0.25, 0.3) is 0 Å². The summed E-state index contributed by atoms with van der Waals surface area (Å²) >= 11 is 0. The van der Waals surface area contributed by atoms with Crippen LogP contribution in [0.3, 0.4) is 0 Å². The van der Waals surface area contributed by atoms with Crippen LogP contribution in [-0.4, -0.2) is 31.0 Å². The van der Waals surface area contributed by atoms with E-state index in [1.165, 1.54) is 14.2 Å². The first-order valence-electron chi connectivity index (χ1n) is 5.69. The molecule has 2 aromatic rings. The normalized spacial score (nSPS) is 10.6. The summed E-state index contributed by atoms with van der Waals surface area (Å²) < 4.78 is 6.61. The summed E-state index contributed by atoms with van der Waals surface area (Å²) in [6, 6.07) is 11.0. The van der Waals surface area contributed by atoms with E-state index < -0.39 is 0 Å². The smallest absolute Gasteiger partial charge is 0.337 e. The molecule has 2 rings (SSSR count). The molecule has 98 valence electrons. The fourth-order valence-corrected chi connectivity index (χ4v) is 1.74. The second-order valence-electron chi connectivity index (χ2n) is 3.76. The molecular formula is C14H14N2O3. The number of oxime groups is 1. The van der Waals surface area contributed by atoms with E-state index in [1.807, 2.05) is 29.0 Å². The van der Waals surface area contributed by atoms with Crippen molar-refractivity contribution < 1.29 is 14.4 Å². The molecule has 0 N–H and O–H groups in total. The molecule has 0 radical (unpaired) electrons. The van der Waals surface area contributed by atoms with Gasteiger partial charge in [-0.3, -0.25) is 0 Å². The molecule has 0 amide bonds. The number of rotatable bonds is 4. The minimum atomic E-state index is -0.360. The molecule has 1 heterocycles. The van der Waals surface area contributed by atoms with Crippen LogP contribution >= 0.6 is 0 Å². The second-order valence-corrected chi connectivity index (χ2v) is 3.76. The Morgan fingerprint density at radius 3 is 2.84 bits per heavy atom. The van der Waals surface area contributed by atoms with Crippen LogP contribution in [0.1, 0.15) is 16.1 Å². The van der Waals surface area contributed by atoms with Crippen LogP contribution < -0.4 is 0 Å². The Morgan fingerprint density at radius 2 is 2.11 bits per heavy atom. The molecule has 0 aliphatic heterocycles. The van der Waals surface area contributed by atoms with Crippen molar-refractivity contribution in [3.63, 3.8) is 0 Å². The lowest BCUT2D eigenvalue weighted by molar-refractivity contribution is 0.0600. The molecule has 0 aliphatic carbocycles. The van der Waals surface area contributed by atoms with Gasteiger partial charge in [0.15, 0.2) is 0 Å². The van der Waals surface area contributed by atoms with Crippen molar-refractivity contribution in [1.29, 1.82) is 0 Å². The minimum absolute atomic E-state index is 0.360. The van der Waals surface area contributed by atoms with Crippen LogP contribution in [0.2, 0.25) is 0 Å². The van der Waals surface area contributed by atoms with Crippen LogP contribution in [0.4, 0.5) is 0 Å². The van der Waals surface area contributed by atoms with Gasteiger partial charge in [-0.25, -0.2) is 4.79 Å². The molecule has 1 aromatic carbocycles. The highest BCUT2D eigenvalue weighted by atomic mass is 16.6. The third kappa shape index (κ3) is 2.82. The van der Waals surface area contributed by atoms with E-state index in [1.54, 1.807) is 24.4 Å². The zero-order valence-corrected chi connectivity index (χ0v) is 10.7. The van der Waals surface area contributed by atoms with Crippen molar-refractivity contribution in [2.75, 3.05) is 14.2 Å². The van der Waals surface area contributed by atoms with Gasteiger partial charge in [0.1, 0.15) is 7.11 Å². The zero-order valence-electron chi connectivity index (χ0n) is 10.7. The number of hydrogen-bond donors (Lipinski definition) is 0. The lowest BCUT2D eigenvalue weighted by atomic mass is 10.2. The van der Waals surface area contributed by atoms with Crippen LogP contribution in [0.25, 0.3) is 5.69 Å². The van der Waals surface area contributed by atoms with Crippen LogP contribution in [-0.2, 0) is 9.57 Å². The Kier molecular flexibility index (Phi) is 3.97. The van der Waals surface area contributed by atoms with Crippen molar-refractivity contribution in [2.24, 2.45) is 5.16 Å². The van der Waals surface area contributed by atoms with E-state index in [9.17, 15) is 4.79 Å². The number of carbonyl (C=O) groups is 1. The SMILES string of the molecule is CON=Cc1cccn1-c1cccc(C(=O)OC)c1. The lowest BCUT2D eigenvalue weighted by Crippen LogP contribution is -2.04. The summed E-state index contributed by atoms with van der Waals surface area (Å²) in [5.41, 5.74) is 2.21. The molecule has 0 aliphatic rings. The Labute approximate surface area is 111 Å². The predicted octanol–water partition coefficient (Wildman–Crippen LogP) is 2.24. The summed E-state index contributed by atoms with van der Waals surface area (Å²) in [6.45, 7) is 0. The fraction of sp³-hybridized carbons (Fsp3) is 0.143. The van der Waals surface area contributed by atoms with Crippen molar-refractivity contribution >= 4 is 12.2 Å². The first-order valence-corrected chi connectivity index (χ1v) is 5.69. The van der Waals surface area contributed by atoms with Gasteiger partial charge in [-0.05, 0) is 30.3 Å². The molecule has 0 bridgehead atoms. The average Bonchev–Trinajstić information content (AvgIpc) is 2.92. The molecule has 0 saturated carbocycles. The Morgan fingerprint density at radius 1 is 1.26 bits per heavy atom. The van der Waals surface area contributed by atoms with E-state index in [-0.39, 0.29) is 5.97 Å². The predicted molar refractivity (Wildman–Crippen MR) is 71.7 cm³/mol. The number of benzene rings is 1. The fourth-order valence-electron chi connectivity index (χ4n) is 1.74. The molecule has 0 unspecified atom stereocenters. The number of esters is 1. The number of carbonyl (C=O) groups excluding carboxylic acids is 1. The summed E-state index contributed by atoms with van der Waals surface area (Å²) in [7, 11) is 2.85. The highest BCUT2D eigenvalue weighted by Gasteiger charge is 2.07. The lowest BCUT2D eigenvalue weighted by Gasteiger charge is -2.07. The number of methoxy groups -OCH3 is 1. The third-order valence-corrected chi connectivity index (χ3v) is 2.62. The highest BCUT2D eigenvalue weighted by molar-refractivity contribution is 5.90. The van der Waals surface area contributed by atoms with Crippen LogP contribution in [0.15, 0.2) is 47.8 Å². The molecular weight excluding hydrogens is 244 g/mol. The molecule has 19 heavy (non-hydrogen) atoms. The van der Waals surface area contributed by atoms with Crippen molar-refractivity contribution in [1.82, 2.24) is 4.57 Å². The molecule has 0 saturated heterocycles. The van der Waals surface area contributed by atoms with E-state index in [4.69, 9.17) is 4.74 Å². The van der Waals surface area contributed by atoms with Gasteiger partial charge < -0.3 is 14.1 Å². The minimum Gasteiger partial charge on any atom is -0.465 e. The molecule has 5 heteroatoms. The maximum Gasteiger partial charge on any atom is 0.337 e. The maximum absolute atomic E-state index is 11.5. The highest BCUT2D eigenvalue weighted by Crippen LogP contribution is 2.14. The second kappa shape index (κ2) is 5.86. The van der Waals surface area contributed by atoms with Gasteiger partial charge in [-0.2, -0.15) is 0 Å². The van der Waals surface area contributed by atoms with Gasteiger partial charge in [-0.15, -0.1) is 0 Å². The van der Waals surface area contributed by atoms with Gasteiger partial charge in [0.2, 0.25) is 0 Å². The average molecular weight is 258 g/mol. The summed E-state index contributed by atoms with van der Waals surface area (Å²) in [5.74, 6) is -0.360. The molecule has 0 fully saturated rings. The topological polar surface area (TPSA) is 52.8 Å². The largest absolute Gasteiger partial charge is 0.465 e. The Balaban J connectivity index is 2.39. The molecule has 5 nitrogen and oxygen atoms in total. The quantitative estimate of drug-likeness (QED) is 0.480. The molecule has 0 spiro atoms. The summed E-state index contributed by atoms with van der Waals surface area (Å²) in [5, 5.41) is 3.74. The Hall–Kier alpha value is -2.56. The monoisotopic (exact) mass is 258 g/mol. The van der Waals surface area contributed by atoms with Crippen molar-refractivity contribution in [2.45, 2.75) is 0 Å². The van der Waals surface area contributed by atoms with E-state index in [0.717, 1.165) is 11.4 Å². The first-order chi connectivity index (χ1) is 9.26. The van der Waals surface area contributed by atoms with Crippen molar-refractivity contribution in [3.05, 3.63) is 53.9 Å².